The van der Waals surface area contributed by atoms with Gasteiger partial charge in [0.1, 0.15) is 0 Å². The molecule has 1 rings (SSSR count). The van der Waals surface area contributed by atoms with Crippen LogP contribution in [0.3, 0.4) is 0 Å². The van der Waals surface area contributed by atoms with E-state index in [0.717, 1.165) is 37.6 Å². The van der Waals surface area contributed by atoms with Crippen molar-refractivity contribution < 1.29 is 4.74 Å². The average molecular weight is 241 g/mol. The van der Waals surface area contributed by atoms with Crippen LogP contribution in [0, 0.1) is 11.8 Å². The van der Waals surface area contributed by atoms with Crippen molar-refractivity contribution >= 4 is 0 Å². The number of nitrogens with zero attached hydrogens (tertiary/aromatic N) is 1. The maximum atomic E-state index is 5.77. The molecule has 0 amide bonds. The fourth-order valence-electron chi connectivity index (χ4n) is 2.62. The summed E-state index contributed by atoms with van der Waals surface area (Å²) in [5.41, 5.74) is 0. The van der Waals surface area contributed by atoms with Crippen LogP contribution >= 0.6 is 0 Å². The average Bonchev–Trinajstić information content (AvgIpc) is 2.60. The summed E-state index contributed by atoms with van der Waals surface area (Å²) < 4.78 is 5.77. The summed E-state index contributed by atoms with van der Waals surface area (Å²) in [7, 11) is 0. The van der Waals surface area contributed by atoms with E-state index in [1.807, 2.05) is 0 Å². The van der Waals surface area contributed by atoms with Gasteiger partial charge in [0.25, 0.3) is 0 Å². The van der Waals surface area contributed by atoms with Crippen LogP contribution in [0.1, 0.15) is 53.4 Å². The van der Waals surface area contributed by atoms with Crippen LogP contribution in [-0.2, 0) is 4.74 Å². The molecule has 3 unspecified atom stereocenters. The van der Waals surface area contributed by atoms with E-state index in [-0.39, 0.29) is 0 Å². The van der Waals surface area contributed by atoms with E-state index in [0.29, 0.717) is 0 Å². The lowest BCUT2D eigenvalue weighted by atomic mass is 9.91. The highest BCUT2D eigenvalue weighted by Gasteiger charge is 2.25. The molecule has 0 bridgehead atoms. The molecule has 102 valence electrons. The lowest BCUT2D eigenvalue weighted by molar-refractivity contribution is 0.104. The van der Waals surface area contributed by atoms with Gasteiger partial charge in [-0.25, -0.2) is 0 Å². The fourth-order valence-corrected chi connectivity index (χ4v) is 2.62. The summed E-state index contributed by atoms with van der Waals surface area (Å²) in [6.45, 7) is 13.6. The molecule has 0 aliphatic carbocycles. The Morgan fingerprint density at radius 3 is 2.71 bits per heavy atom. The van der Waals surface area contributed by atoms with Crippen LogP contribution < -0.4 is 0 Å². The van der Waals surface area contributed by atoms with Gasteiger partial charge in [0.15, 0.2) is 0 Å². The van der Waals surface area contributed by atoms with Crippen molar-refractivity contribution in [3.05, 3.63) is 0 Å². The quantitative estimate of drug-likeness (QED) is 0.705. The van der Waals surface area contributed by atoms with Gasteiger partial charge in [-0.1, -0.05) is 40.0 Å². The second-order valence-corrected chi connectivity index (χ2v) is 5.71. The van der Waals surface area contributed by atoms with Crippen LogP contribution in [-0.4, -0.2) is 37.2 Å². The molecular formula is C15H31NO. The molecule has 3 atom stereocenters. The van der Waals surface area contributed by atoms with Gasteiger partial charge >= 0.3 is 0 Å². The Balaban J connectivity index is 2.47. The van der Waals surface area contributed by atoms with E-state index >= 15 is 0 Å². The van der Waals surface area contributed by atoms with Crippen molar-refractivity contribution in [3.63, 3.8) is 0 Å². The number of rotatable bonds is 6. The third-order valence-corrected chi connectivity index (χ3v) is 4.37. The summed E-state index contributed by atoms with van der Waals surface area (Å²) in [5, 5.41) is 0. The predicted octanol–water partition coefficient (Wildman–Crippen LogP) is 3.56. The highest BCUT2D eigenvalue weighted by molar-refractivity contribution is 4.76. The first-order valence-electron chi connectivity index (χ1n) is 7.50. The SMILES string of the molecule is CCCCC(C)N1CCOCC(C(C)CC)C1. The topological polar surface area (TPSA) is 12.5 Å². The van der Waals surface area contributed by atoms with Crippen LogP contribution in [0.15, 0.2) is 0 Å². The fraction of sp³-hybridized carbons (Fsp3) is 1.00. The molecule has 0 spiro atoms. The van der Waals surface area contributed by atoms with Crippen LogP contribution in [0.25, 0.3) is 0 Å². The van der Waals surface area contributed by atoms with Crippen molar-refractivity contribution in [2.24, 2.45) is 11.8 Å². The minimum atomic E-state index is 0.725. The van der Waals surface area contributed by atoms with Gasteiger partial charge in [-0.2, -0.15) is 0 Å². The summed E-state index contributed by atoms with van der Waals surface area (Å²) >= 11 is 0. The molecule has 0 N–H and O–H groups in total. The number of hydrogen-bond donors (Lipinski definition) is 0. The first kappa shape index (κ1) is 15.0. The Kier molecular flexibility index (Phi) is 7.14. The van der Waals surface area contributed by atoms with E-state index < -0.39 is 0 Å². The highest BCUT2D eigenvalue weighted by Crippen LogP contribution is 2.21. The molecule has 1 aliphatic rings. The molecule has 1 fully saturated rings. The molecule has 2 heteroatoms. The summed E-state index contributed by atoms with van der Waals surface area (Å²) in [4.78, 5) is 2.65. The Hall–Kier alpha value is -0.0800. The molecular weight excluding hydrogens is 210 g/mol. The molecule has 17 heavy (non-hydrogen) atoms. The number of hydrogen-bond acceptors (Lipinski definition) is 2. The van der Waals surface area contributed by atoms with Gasteiger partial charge in [0.2, 0.25) is 0 Å². The maximum absolute atomic E-state index is 5.77. The first-order valence-corrected chi connectivity index (χ1v) is 7.50. The van der Waals surface area contributed by atoms with E-state index in [1.54, 1.807) is 0 Å². The van der Waals surface area contributed by atoms with E-state index in [4.69, 9.17) is 4.74 Å². The third-order valence-electron chi connectivity index (χ3n) is 4.37. The Morgan fingerprint density at radius 2 is 2.06 bits per heavy atom. The van der Waals surface area contributed by atoms with Crippen molar-refractivity contribution in [1.82, 2.24) is 4.90 Å². The van der Waals surface area contributed by atoms with Crippen molar-refractivity contribution in [1.29, 1.82) is 0 Å². The minimum absolute atomic E-state index is 0.725. The zero-order chi connectivity index (χ0) is 12.7. The summed E-state index contributed by atoms with van der Waals surface area (Å²) in [6, 6.07) is 0.725. The number of ether oxygens (including phenoxy) is 1. The van der Waals surface area contributed by atoms with Crippen molar-refractivity contribution in [2.75, 3.05) is 26.3 Å². The third kappa shape index (κ3) is 4.97. The molecule has 1 heterocycles. The maximum Gasteiger partial charge on any atom is 0.0593 e. The second-order valence-electron chi connectivity index (χ2n) is 5.71. The first-order chi connectivity index (χ1) is 8.19. The molecule has 0 aromatic rings. The molecule has 1 saturated heterocycles. The van der Waals surface area contributed by atoms with Gasteiger partial charge in [-0.3, -0.25) is 4.90 Å². The smallest absolute Gasteiger partial charge is 0.0593 e. The van der Waals surface area contributed by atoms with Crippen molar-refractivity contribution in [3.8, 4) is 0 Å². The molecule has 0 radical (unpaired) electrons. The molecule has 0 saturated carbocycles. The van der Waals surface area contributed by atoms with Crippen LogP contribution in [0.2, 0.25) is 0 Å². The molecule has 1 aliphatic heterocycles. The largest absolute Gasteiger partial charge is 0.380 e. The van der Waals surface area contributed by atoms with Gasteiger partial charge in [-0.05, 0) is 25.2 Å². The molecule has 2 nitrogen and oxygen atoms in total. The monoisotopic (exact) mass is 241 g/mol. The van der Waals surface area contributed by atoms with Gasteiger partial charge in [0.05, 0.1) is 13.2 Å². The normalized spacial score (nSPS) is 26.5. The predicted molar refractivity (Wildman–Crippen MR) is 74.3 cm³/mol. The molecule has 0 aromatic heterocycles. The standard InChI is InChI=1S/C15H31NO/c1-5-7-8-14(4)16-9-10-17-12-15(11-16)13(3)6-2/h13-15H,5-12H2,1-4H3. The Labute approximate surface area is 108 Å². The lowest BCUT2D eigenvalue weighted by Gasteiger charge is -2.31. The van der Waals surface area contributed by atoms with Crippen LogP contribution in [0.4, 0.5) is 0 Å². The Bertz CT molecular complexity index is 195. The van der Waals surface area contributed by atoms with E-state index in [1.165, 1.54) is 32.2 Å². The van der Waals surface area contributed by atoms with Crippen LogP contribution in [0.5, 0.6) is 0 Å². The second kappa shape index (κ2) is 8.10. The van der Waals surface area contributed by atoms with Gasteiger partial charge < -0.3 is 4.74 Å². The summed E-state index contributed by atoms with van der Waals surface area (Å²) in [6.07, 6.45) is 5.27. The zero-order valence-electron chi connectivity index (χ0n) is 12.2. The minimum Gasteiger partial charge on any atom is -0.380 e. The van der Waals surface area contributed by atoms with Crippen molar-refractivity contribution in [2.45, 2.75) is 59.4 Å². The highest BCUT2D eigenvalue weighted by atomic mass is 16.5. The van der Waals surface area contributed by atoms with E-state index in [2.05, 4.69) is 32.6 Å². The number of unbranched alkanes of at least 4 members (excludes halogenated alkanes) is 1. The Morgan fingerprint density at radius 1 is 1.29 bits per heavy atom. The summed E-state index contributed by atoms with van der Waals surface area (Å²) in [5.74, 6) is 1.51. The lowest BCUT2D eigenvalue weighted by Crippen LogP contribution is -2.38. The van der Waals surface area contributed by atoms with Gasteiger partial charge in [-0.15, -0.1) is 0 Å². The molecule has 0 aromatic carbocycles. The zero-order valence-corrected chi connectivity index (χ0v) is 12.2. The van der Waals surface area contributed by atoms with Gasteiger partial charge in [0, 0.05) is 19.1 Å². The van der Waals surface area contributed by atoms with E-state index in [9.17, 15) is 0 Å².